The number of rotatable bonds is 8. The minimum Gasteiger partial charge on any atom is -0.488 e. The van der Waals surface area contributed by atoms with Gasteiger partial charge in [-0.1, -0.05) is 42.5 Å². The van der Waals surface area contributed by atoms with Crippen LogP contribution in [-0.4, -0.2) is 107 Å². The first kappa shape index (κ1) is 37.8. The summed E-state index contributed by atoms with van der Waals surface area (Å²) in [6.07, 6.45) is 8.77. The Morgan fingerprint density at radius 3 is 2.50 bits per heavy atom. The fraction of sp³-hybridized carbons (Fsp3) is 0.564. The maximum atomic E-state index is 14.7. The lowest BCUT2D eigenvalue weighted by Gasteiger charge is -2.33. The molecular weight excluding hydrogens is 713 g/mol. The lowest BCUT2D eigenvalue weighted by Crippen LogP contribution is -2.60. The van der Waals surface area contributed by atoms with E-state index in [0.717, 1.165) is 24.8 Å². The second-order valence-electron chi connectivity index (χ2n) is 16.2. The predicted molar refractivity (Wildman–Crippen MR) is 199 cm³/mol. The van der Waals surface area contributed by atoms with Crippen molar-refractivity contribution in [3.63, 3.8) is 0 Å². The Kier molecular flexibility index (Phi) is 10.5. The van der Waals surface area contributed by atoms with E-state index in [1.54, 1.807) is 39.1 Å². The summed E-state index contributed by atoms with van der Waals surface area (Å²) < 4.78 is 40.0. The molecule has 1 aromatic carbocycles. The SMILES string of the molecule is CC(C)(C)OC(=O)N[C@H]1CN(C2CC2)CCC/C=C\C2C[C@@]2(C(=O)NS(=O)(=O)C2CC2)NC(=O)[C@@H]2C[C@@H](Oc3ccnc(-c4ccccc4)c3)CN2C1=O. The van der Waals surface area contributed by atoms with Crippen LogP contribution in [-0.2, 0) is 29.1 Å². The predicted octanol–water partition coefficient (Wildman–Crippen LogP) is 3.29. The number of sulfonamides is 1. The van der Waals surface area contributed by atoms with Gasteiger partial charge in [-0.25, -0.2) is 13.2 Å². The lowest BCUT2D eigenvalue weighted by atomic mass is 10.1. The Balaban J connectivity index is 1.20. The van der Waals surface area contributed by atoms with Crippen molar-refractivity contribution in [2.24, 2.45) is 5.92 Å². The average Bonchev–Trinajstić information content (AvgIpc) is 4.00. The zero-order valence-electron chi connectivity index (χ0n) is 31.0. The third-order valence-corrected chi connectivity index (χ3v) is 12.4. The van der Waals surface area contributed by atoms with Crippen LogP contribution < -0.4 is 20.1 Å². The third kappa shape index (κ3) is 8.89. The number of fused-ring (bicyclic) bond motifs is 2. The van der Waals surface area contributed by atoms with Crippen molar-refractivity contribution in [1.29, 1.82) is 0 Å². The van der Waals surface area contributed by atoms with E-state index in [1.165, 1.54) is 4.90 Å². The van der Waals surface area contributed by atoms with E-state index in [0.29, 0.717) is 37.3 Å². The highest BCUT2D eigenvalue weighted by Crippen LogP contribution is 2.46. The van der Waals surface area contributed by atoms with E-state index < -0.39 is 74.3 Å². The van der Waals surface area contributed by atoms with Gasteiger partial charge in [0.25, 0.3) is 5.91 Å². The number of carbonyl (C=O) groups excluding carboxylic acids is 4. The highest BCUT2D eigenvalue weighted by molar-refractivity contribution is 7.91. The highest BCUT2D eigenvalue weighted by atomic mass is 32.2. The first-order valence-electron chi connectivity index (χ1n) is 19.0. The molecule has 14 nitrogen and oxygen atoms in total. The second kappa shape index (κ2) is 15.0. The van der Waals surface area contributed by atoms with E-state index in [4.69, 9.17) is 9.47 Å². The second-order valence-corrected chi connectivity index (χ2v) is 18.1. The first-order chi connectivity index (χ1) is 25.7. The number of hydrogen-bond donors (Lipinski definition) is 3. The number of pyridine rings is 1. The van der Waals surface area contributed by atoms with Gasteiger partial charge in [-0.3, -0.25) is 29.0 Å². The zero-order chi connectivity index (χ0) is 38.3. The molecule has 7 rings (SSSR count). The zero-order valence-corrected chi connectivity index (χ0v) is 31.8. The van der Waals surface area contributed by atoms with Gasteiger partial charge in [0, 0.05) is 42.8 Å². The molecule has 15 heteroatoms. The molecule has 3 aliphatic carbocycles. The number of nitrogens with zero attached hydrogens (tertiary/aromatic N) is 3. The van der Waals surface area contributed by atoms with Crippen molar-refractivity contribution in [2.75, 3.05) is 19.6 Å². The Labute approximate surface area is 316 Å². The molecule has 5 atom stereocenters. The van der Waals surface area contributed by atoms with Gasteiger partial charge in [0.05, 0.1) is 17.5 Å². The largest absolute Gasteiger partial charge is 0.488 e. The summed E-state index contributed by atoms with van der Waals surface area (Å²) >= 11 is 0. The van der Waals surface area contributed by atoms with E-state index in [1.807, 2.05) is 42.5 Å². The number of benzene rings is 1. The Morgan fingerprint density at radius 2 is 1.80 bits per heavy atom. The molecule has 5 aliphatic rings. The Morgan fingerprint density at radius 1 is 1.04 bits per heavy atom. The van der Waals surface area contributed by atoms with Crippen molar-refractivity contribution in [3.05, 3.63) is 60.8 Å². The Hall–Kier alpha value is -4.50. The van der Waals surface area contributed by atoms with Gasteiger partial charge in [0.2, 0.25) is 21.8 Å². The molecule has 0 spiro atoms. The normalized spacial score (nSPS) is 28.7. The average molecular weight is 763 g/mol. The number of aromatic nitrogens is 1. The van der Waals surface area contributed by atoms with Crippen molar-refractivity contribution in [1.82, 2.24) is 30.1 Å². The molecular formula is C39H50N6O8S. The fourth-order valence-electron chi connectivity index (χ4n) is 7.39. The van der Waals surface area contributed by atoms with Crippen LogP contribution in [0.15, 0.2) is 60.8 Å². The van der Waals surface area contributed by atoms with Gasteiger partial charge in [-0.05, 0) is 78.3 Å². The quantitative estimate of drug-likeness (QED) is 0.339. The van der Waals surface area contributed by atoms with Crippen molar-refractivity contribution in [3.8, 4) is 17.0 Å². The number of alkyl carbamates (subject to hydrolysis) is 1. The van der Waals surface area contributed by atoms with E-state index >= 15 is 0 Å². The van der Waals surface area contributed by atoms with E-state index in [2.05, 4.69) is 25.2 Å². The van der Waals surface area contributed by atoms with Crippen LogP contribution in [0.1, 0.15) is 72.1 Å². The monoisotopic (exact) mass is 762 g/mol. The standard InChI is InChI=1S/C39H50N6O8S/c1-38(2,3)53-37(49)41-32-24-44(27-13-14-27)19-9-5-8-12-26-22-39(26,36(48)43-54(50,51)30-15-16-30)42-34(46)33-21-29(23-45(33)35(32)47)52-28-17-18-40-31(20-28)25-10-6-4-7-11-25/h4,6-8,10-12,17-18,20,26-27,29-30,32-33H,5,9,13-16,19,21-24H2,1-3H3,(H,41,49)(H,42,46)(H,43,48)/b12-8-/t26?,29-,32+,33+,39-/m1/s1. The van der Waals surface area contributed by atoms with Crippen LogP contribution >= 0.6 is 0 Å². The van der Waals surface area contributed by atoms with Gasteiger partial charge in [0.1, 0.15) is 35.1 Å². The molecule has 290 valence electrons. The number of hydrogen-bond acceptors (Lipinski definition) is 10. The van der Waals surface area contributed by atoms with Crippen molar-refractivity contribution >= 4 is 33.8 Å². The van der Waals surface area contributed by atoms with Crippen LogP contribution in [0.3, 0.4) is 0 Å². The summed E-state index contributed by atoms with van der Waals surface area (Å²) in [6.45, 7) is 6.14. The lowest BCUT2D eigenvalue weighted by molar-refractivity contribution is -0.141. The molecule has 1 aromatic heterocycles. The molecule has 3 saturated carbocycles. The van der Waals surface area contributed by atoms with Crippen molar-refractivity contribution < 1.29 is 37.1 Å². The van der Waals surface area contributed by atoms with Gasteiger partial charge in [-0.2, -0.15) is 0 Å². The van der Waals surface area contributed by atoms with E-state index in [9.17, 15) is 27.6 Å². The van der Waals surface area contributed by atoms with Crippen LogP contribution in [0.5, 0.6) is 5.75 Å². The minimum atomic E-state index is -3.89. The molecule has 2 aromatic rings. The smallest absolute Gasteiger partial charge is 0.408 e. The van der Waals surface area contributed by atoms with Crippen LogP contribution in [0, 0.1) is 5.92 Å². The van der Waals surface area contributed by atoms with Gasteiger partial charge in [0.15, 0.2) is 0 Å². The van der Waals surface area contributed by atoms with Crippen LogP contribution in [0.25, 0.3) is 11.3 Å². The van der Waals surface area contributed by atoms with Gasteiger partial charge in [-0.15, -0.1) is 0 Å². The minimum absolute atomic E-state index is 0.0222. The van der Waals surface area contributed by atoms with Crippen LogP contribution in [0.4, 0.5) is 4.79 Å². The molecule has 1 saturated heterocycles. The molecule has 4 amide bonds. The molecule has 2 aliphatic heterocycles. The molecule has 3 N–H and O–H groups in total. The molecule has 4 fully saturated rings. The molecule has 1 unspecified atom stereocenters. The molecule has 3 heterocycles. The number of ether oxygens (including phenoxy) is 2. The van der Waals surface area contributed by atoms with Gasteiger partial charge < -0.3 is 25.0 Å². The maximum absolute atomic E-state index is 14.7. The number of nitrogens with one attached hydrogen (secondary N) is 3. The van der Waals surface area contributed by atoms with Crippen LogP contribution in [0.2, 0.25) is 0 Å². The molecule has 0 radical (unpaired) electrons. The summed E-state index contributed by atoms with van der Waals surface area (Å²) in [6, 6.07) is 11.3. The highest BCUT2D eigenvalue weighted by Gasteiger charge is 2.62. The summed E-state index contributed by atoms with van der Waals surface area (Å²) in [5.74, 6) is -1.78. The number of allylic oxidation sites excluding steroid dienone is 1. The van der Waals surface area contributed by atoms with E-state index in [-0.39, 0.29) is 32.0 Å². The summed E-state index contributed by atoms with van der Waals surface area (Å²) in [5, 5.41) is 5.09. The van der Waals surface area contributed by atoms with Crippen molar-refractivity contribution in [2.45, 2.75) is 113 Å². The Bertz CT molecular complexity index is 1890. The fourth-order valence-corrected chi connectivity index (χ4v) is 8.75. The summed E-state index contributed by atoms with van der Waals surface area (Å²) in [4.78, 5) is 64.2. The topological polar surface area (TPSA) is 176 Å². The molecule has 54 heavy (non-hydrogen) atoms. The van der Waals surface area contributed by atoms with Gasteiger partial charge >= 0.3 is 6.09 Å². The number of amides is 4. The summed E-state index contributed by atoms with van der Waals surface area (Å²) in [5.41, 5.74) is -0.713. The third-order valence-electron chi connectivity index (χ3n) is 10.6. The summed E-state index contributed by atoms with van der Waals surface area (Å²) in [7, 11) is -3.89. The maximum Gasteiger partial charge on any atom is 0.408 e. The first-order valence-corrected chi connectivity index (χ1v) is 20.5. The number of carbonyl (C=O) groups is 4. The molecule has 0 bridgehead atoms.